The number of sulfonamides is 1. The van der Waals surface area contributed by atoms with E-state index in [1.807, 2.05) is 30.4 Å². The number of hydrogen-bond acceptors (Lipinski definition) is 7. The van der Waals surface area contributed by atoms with Crippen LogP contribution in [0.3, 0.4) is 0 Å². The van der Waals surface area contributed by atoms with E-state index in [0.29, 0.717) is 29.2 Å². The fourth-order valence-corrected chi connectivity index (χ4v) is 7.61. The molecule has 8 nitrogen and oxygen atoms in total. The highest BCUT2D eigenvalue weighted by atomic mass is 35.5. The van der Waals surface area contributed by atoms with E-state index in [1.165, 1.54) is 5.56 Å². The van der Waals surface area contributed by atoms with E-state index in [1.54, 1.807) is 32.2 Å². The molecular formula is C32H41ClN2O6S. The highest BCUT2D eigenvalue weighted by molar-refractivity contribution is 7.90. The Balaban J connectivity index is 1.54. The SMILES string of the molecule is CO[C@H]1/C=C/[C@H](CO)C[C@@H](C)S(=O)(=O)NC(=O)c2ccc3c(c2)N(CCCCc2cc(Cl)ccc2CO3)C[C@@H]2CC[C@H]21. The summed E-state index contributed by atoms with van der Waals surface area (Å²) in [6, 6.07) is 11.0. The summed E-state index contributed by atoms with van der Waals surface area (Å²) in [5.41, 5.74) is 3.29. The lowest BCUT2D eigenvalue weighted by Crippen LogP contribution is -2.44. The predicted octanol–water partition coefficient (Wildman–Crippen LogP) is 5.12. The first kappa shape index (κ1) is 30.9. The third-order valence-corrected chi connectivity index (χ3v) is 11.0. The fourth-order valence-electron chi connectivity index (χ4n) is 6.34. The number of aliphatic hydroxyl groups excluding tert-OH is 1. The monoisotopic (exact) mass is 616 g/mol. The van der Waals surface area contributed by atoms with E-state index < -0.39 is 21.2 Å². The lowest BCUT2D eigenvalue weighted by atomic mass is 9.70. The zero-order chi connectivity index (χ0) is 29.9. The van der Waals surface area contributed by atoms with Crippen LogP contribution in [0.5, 0.6) is 5.75 Å². The number of hydrogen-bond donors (Lipinski definition) is 2. The van der Waals surface area contributed by atoms with Crippen LogP contribution in [0.4, 0.5) is 5.69 Å². The molecule has 2 aliphatic heterocycles. The fraction of sp³-hybridized carbons (Fsp3) is 0.531. The van der Waals surface area contributed by atoms with Crippen LogP contribution in [-0.4, -0.2) is 57.6 Å². The third kappa shape index (κ3) is 6.96. The number of ether oxygens (including phenoxy) is 2. The van der Waals surface area contributed by atoms with Crippen molar-refractivity contribution >= 4 is 33.2 Å². The number of halogens is 1. The van der Waals surface area contributed by atoms with Gasteiger partial charge >= 0.3 is 0 Å². The van der Waals surface area contributed by atoms with Crippen molar-refractivity contribution in [2.75, 3.05) is 31.7 Å². The van der Waals surface area contributed by atoms with Crippen molar-refractivity contribution in [3.05, 3.63) is 70.3 Å². The van der Waals surface area contributed by atoms with Crippen LogP contribution in [0.25, 0.3) is 0 Å². The maximum absolute atomic E-state index is 13.3. The molecule has 0 aromatic heterocycles. The van der Waals surface area contributed by atoms with Crippen LogP contribution in [0.15, 0.2) is 48.6 Å². The number of fused-ring (bicyclic) bond motifs is 3. The van der Waals surface area contributed by atoms with Crippen molar-refractivity contribution in [2.45, 2.75) is 63.4 Å². The largest absolute Gasteiger partial charge is 0.487 e. The summed E-state index contributed by atoms with van der Waals surface area (Å²) in [4.78, 5) is 15.6. The molecule has 1 aliphatic carbocycles. The first-order valence-corrected chi connectivity index (χ1v) is 16.8. The molecule has 0 spiro atoms. The van der Waals surface area contributed by atoms with E-state index in [-0.39, 0.29) is 30.6 Å². The Morgan fingerprint density at radius 2 is 1.95 bits per heavy atom. The molecule has 0 unspecified atom stereocenters. The van der Waals surface area contributed by atoms with Gasteiger partial charge in [0.2, 0.25) is 10.0 Å². The van der Waals surface area contributed by atoms with Gasteiger partial charge in [-0.1, -0.05) is 29.8 Å². The average molecular weight is 617 g/mol. The summed E-state index contributed by atoms with van der Waals surface area (Å²) in [5, 5.41) is 9.80. The van der Waals surface area contributed by atoms with Crippen molar-refractivity contribution in [2.24, 2.45) is 17.8 Å². The maximum atomic E-state index is 13.3. The standard InChI is InChI=1S/C32H41ClN2O6S/c1-21-15-22(19-36)6-12-30(40-2)28-11-8-25(28)18-35-14-4-3-5-23-16-27(33)10-7-26(23)20-41-31-13-9-24(17-29(31)35)32(37)34-42(21,38)39/h6-7,9-10,12-13,16-17,21-22,25,28,30,36H,3-5,8,11,14-15,18-20H2,1-2H3,(H,34,37)/b12-6+/t21-,22+,25+,28-,30+/m1/s1. The average Bonchev–Trinajstić information content (AvgIpc) is 2.98. The molecule has 1 fully saturated rings. The topological polar surface area (TPSA) is 105 Å². The zero-order valence-electron chi connectivity index (χ0n) is 24.3. The molecule has 0 saturated heterocycles. The van der Waals surface area contributed by atoms with Crippen molar-refractivity contribution in [3.8, 4) is 5.75 Å². The van der Waals surface area contributed by atoms with Gasteiger partial charge in [0.25, 0.3) is 5.91 Å². The van der Waals surface area contributed by atoms with Gasteiger partial charge in [0.15, 0.2) is 0 Å². The predicted molar refractivity (Wildman–Crippen MR) is 165 cm³/mol. The van der Waals surface area contributed by atoms with Gasteiger partial charge in [0.05, 0.1) is 17.0 Å². The van der Waals surface area contributed by atoms with Gasteiger partial charge in [0.1, 0.15) is 12.4 Å². The molecule has 0 radical (unpaired) electrons. The van der Waals surface area contributed by atoms with Gasteiger partial charge in [-0.2, -0.15) is 0 Å². The molecule has 1 amide bonds. The Bertz CT molecular complexity index is 1410. The number of anilines is 1. The summed E-state index contributed by atoms with van der Waals surface area (Å²) < 4.78 is 40.8. The number of carbonyl (C=O) groups is 1. The molecule has 5 rings (SSSR count). The lowest BCUT2D eigenvalue weighted by Gasteiger charge is -2.43. The van der Waals surface area contributed by atoms with E-state index in [4.69, 9.17) is 21.1 Å². The Kier molecular flexibility index (Phi) is 9.82. The minimum atomic E-state index is -3.99. The molecule has 3 aliphatic rings. The smallest absolute Gasteiger partial charge is 0.264 e. The minimum Gasteiger partial charge on any atom is -0.487 e. The van der Waals surface area contributed by atoms with Gasteiger partial charge in [0, 0.05) is 43.3 Å². The number of carbonyl (C=O) groups excluding carboxylic acids is 1. The second-order valence-corrected chi connectivity index (χ2v) is 14.4. The van der Waals surface area contributed by atoms with E-state index in [2.05, 4.69) is 9.62 Å². The number of aryl methyl sites for hydroxylation is 1. The summed E-state index contributed by atoms with van der Waals surface area (Å²) in [7, 11) is -2.29. The highest BCUT2D eigenvalue weighted by Crippen LogP contribution is 2.41. The molecule has 228 valence electrons. The normalized spacial score (nSPS) is 29.0. The Morgan fingerprint density at radius 3 is 2.69 bits per heavy atom. The molecule has 2 bridgehead atoms. The van der Waals surface area contributed by atoms with Crippen LogP contribution >= 0.6 is 11.6 Å². The third-order valence-electron chi connectivity index (χ3n) is 9.07. The number of nitrogens with zero attached hydrogens (tertiary/aromatic N) is 1. The van der Waals surface area contributed by atoms with Gasteiger partial charge in [-0.3, -0.25) is 4.79 Å². The Labute approximate surface area is 254 Å². The number of rotatable bonds is 2. The molecule has 42 heavy (non-hydrogen) atoms. The Morgan fingerprint density at radius 1 is 1.12 bits per heavy atom. The second kappa shape index (κ2) is 13.4. The number of aliphatic hydroxyl groups is 1. The lowest BCUT2D eigenvalue weighted by molar-refractivity contribution is 0.0132. The van der Waals surface area contributed by atoms with E-state index >= 15 is 0 Å². The van der Waals surface area contributed by atoms with Gasteiger partial charge in [-0.25, -0.2) is 13.1 Å². The van der Waals surface area contributed by atoms with Crippen LogP contribution in [0.2, 0.25) is 5.02 Å². The van der Waals surface area contributed by atoms with Gasteiger partial charge in [-0.05, 0) is 98.7 Å². The summed E-state index contributed by atoms with van der Waals surface area (Å²) in [6.07, 6.45) is 8.77. The number of amides is 1. The Hall–Kier alpha value is -2.59. The molecule has 2 N–H and O–H groups in total. The van der Waals surface area contributed by atoms with Crippen LogP contribution in [0, 0.1) is 17.8 Å². The van der Waals surface area contributed by atoms with E-state index in [9.17, 15) is 18.3 Å². The van der Waals surface area contributed by atoms with Gasteiger partial charge < -0.3 is 19.5 Å². The molecule has 10 heteroatoms. The van der Waals surface area contributed by atoms with Crippen molar-refractivity contribution < 1.29 is 27.8 Å². The molecular weight excluding hydrogens is 576 g/mol. The highest BCUT2D eigenvalue weighted by Gasteiger charge is 2.38. The van der Waals surface area contributed by atoms with Gasteiger partial charge in [-0.15, -0.1) is 0 Å². The van der Waals surface area contributed by atoms with Crippen molar-refractivity contribution in [3.63, 3.8) is 0 Å². The number of benzene rings is 2. The maximum Gasteiger partial charge on any atom is 0.264 e. The zero-order valence-corrected chi connectivity index (χ0v) is 25.9. The molecule has 1 saturated carbocycles. The first-order chi connectivity index (χ1) is 20.2. The molecule has 2 heterocycles. The first-order valence-electron chi connectivity index (χ1n) is 14.9. The summed E-state index contributed by atoms with van der Waals surface area (Å²) in [5.74, 6) is 0.259. The van der Waals surface area contributed by atoms with Crippen molar-refractivity contribution in [1.82, 2.24) is 4.72 Å². The van der Waals surface area contributed by atoms with Crippen LogP contribution in [-0.2, 0) is 27.8 Å². The minimum absolute atomic E-state index is 0.137. The quantitative estimate of drug-likeness (QED) is 0.451. The molecule has 5 atom stereocenters. The van der Waals surface area contributed by atoms with Crippen LogP contribution in [0.1, 0.15) is 60.5 Å². The second-order valence-electron chi connectivity index (χ2n) is 11.8. The van der Waals surface area contributed by atoms with E-state index in [0.717, 1.165) is 56.4 Å². The summed E-state index contributed by atoms with van der Waals surface area (Å²) in [6.45, 7) is 3.25. The molecule has 2 aromatic rings. The summed E-state index contributed by atoms with van der Waals surface area (Å²) >= 11 is 6.31. The molecule has 2 aromatic carbocycles. The van der Waals surface area contributed by atoms with Crippen LogP contribution < -0.4 is 14.4 Å². The number of nitrogens with one attached hydrogen (secondary N) is 1. The number of methoxy groups -OCH3 is 1. The van der Waals surface area contributed by atoms with Crippen molar-refractivity contribution in [1.29, 1.82) is 0 Å².